The van der Waals surface area contributed by atoms with Crippen LogP contribution in [0.1, 0.15) is 239 Å². The SMILES string of the molecule is CCCCCCCCCCCCCCCCCC/C=C/C(CCCCCCCCCCCCCCCCCCC)COS(=O)(=O)O. The minimum atomic E-state index is -4.38. The highest BCUT2D eigenvalue weighted by Crippen LogP contribution is 2.18. The van der Waals surface area contributed by atoms with Gasteiger partial charge in [0.05, 0.1) is 6.61 Å². The maximum Gasteiger partial charge on any atom is 0.397 e. The first kappa shape index (κ1) is 45.6. The minimum absolute atomic E-state index is 0.0488. The minimum Gasteiger partial charge on any atom is -0.264 e. The average Bonchev–Trinajstić information content (AvgIpc) is 3.03. The van der Waals surface area contributed by atoms with Gasteiger partial charge in [0.25, 0.3) is 0 Å². The van der Waals surface area contributed by atoms with Crippen molar-refractivity contribution in [2.75, 3.05) is 6.61 Å². The van der Waals surface area contributed by atoms with Crippen LogP contribution in [-0.2, 0) is 14.6 Å². The van der Waals surface area contributed by atoms with Gasteiger partial charge >= 0.3 is 10.4 Å². The van der Waals surface area contributed by atoms with Gasteiger partial charge in [-0.15, -0.1) is 0 Å². The zero-order valence-electron chi connectivity index (χ0n) is 31.3. The summed E-state index contributed by atoms with van der Waals surface area (Å²) in [7, 11) is -4.38. The molecule has 0 saturated heterocycles. The van der Waals surface area contributed by atoms with Crippen LogP contribution in [0.3, 0.4) is 0 Å². The van der Waals surface area contributed by atoms with Crippen LogP contribution in [0, 0.1) is 5.92 Å². The molecule has 5 heteroatoms. The van der Waals surface area contributed by atoms with Gasteiger partial charge in [-0.3, -0.25) is 4.55 Å². The number of unbranched alkanes of at least 4 members (excludes halogenated alkanes) is 32. The van der Waals surface area contributed by atoms with E-state index in [4.69, 9.17) is 8.74 Å². The van der Waals surface area contributed by atoms with Crippen LogP contribution < -0.4 is 0 Å². The van der Waals surface area contributed by atoms with Crippen LogP contribution in [0.25, 0.3) is 0 Å². The fourth-order valence-corrected chi connectivity index (χ4v) is 6.99. The molecule has 0 amide bonds. The Hall–Kier alpha value is -0.390. The number of allylic oxidation sites excluding steroid dienone is 1. The quantitative estimate of drug-likeness (QED) is 0.0401. The van der Waals surface area contributed by atoms with Gasteiger partial charge in [0, 0.05) is 5.92 Å². The van der Waals surface area contributed by atoms with Gasteiger partial charge in [0.15, 0.2) is 0 Å². The predicted molar refractivity (Wildman–Crippen MR) is 203 cm³/mol. The highest BCUT2D eigenvalue weighted by Gasteiger charge is 2.11. The number of rotatable bonds is 39. The molecule has 0 saturated carbocycles. The lowest BCUT2D eigenvalue weighted by Gasteiger charge is -2.12. The molecule has 4 nitrogen and oxygen atoms in total. The summed E-state index contributed by atoms with van der Waals surface area (Å²) in [6.07, 6.45) is 51.4. The van der Waals surface area contributed by atoms with Crippen molar-refractivity contribution in [3.05, 3.63) is 12.2 Å². The Bertz CT molecular complexity index is 705. The summed E-state index contributed by atoms with van der Waals surface area (Å²) in [5.74, 6) is 0.0549. The molecule has 0 bridgehead atoms. The second kappa shape index (κ2) is 37.4. The number of hydrogen-bond acceptors (Lipinski definition) is 3. The largest absolute Gasteiger partial charge is 0.397 e. The molecular formula is C41H82O4S. The van der Waals surface area contributed by atoms with Crippen molar-refractivity contribution in [2.24, 2.45) is 5.92 Å². The highest BCUT2D eigenvalue weighted by atomic mass is 32.3. The van der Waals surface area contributed by atoms with E-state index < -0.39 is 10.4 Å². The average molecular weight is 671 g/mol. The summed E-state index contributed by atoms with van der Waals surface area (Å²) in [5, 5.41) is 0. The molecule has 0 aromatic rings. The van der Waals surface area contributed by atoms with Crippen molar-refractivity contribution in [3.63, 3.8) is 0 Å². The van der Waals surface area contributed by atoms with Crippen LogP contribution in [0.4, 0.5) is 0 Å². The van der Waals surface area contributed by atoms with E-state index in [1.165, 1.54) is 205 Å². The zero-order chi connectivity index (χ0) is 33.7. The highest BCUT2D eigenvalue weighted by molar-refractivity contribution is 7.80. The van der Waals surface area contributed by atoms with E-state index in [1.54, 1.807) is 0 Å². The molecule has 0 spiro atoms. The molecule has 0 radical (unpaired) electrons. The third-order valence-electron chi connectivity index (χ3n) is 9.74. The Kier molecular flexibility index (Phi) is 37.1. The van der Waals surface area contributed by atoms with E-state index >= 15 is 0 Å². The first-order chi connectivity index (χ1) is 22.5. The Morgan fingerprint density at radius 2 is 0.739 bits per heavy atom. The second-order valence-corrected chi connectivity index (χ2v) is 15.5. The van der Waals surface area contributed by atoms with E-state index in [0.29, 0.717) is 0 Å². The Labute approximate surface area is 290 Å². The molecule has 1 N–H and O–H groups in total. The van der Waals surface area contributed by atoms with E-state index in [2.05, 4.69) is 26.0 Å². The molecule has 0 aliphatic carbocycles. The molecule has 276 valence electrons. The molecule has 0 fully saturated rings. The van der Waals surface area contributed by atoms with Crippen molar-refractivity contribution >= 4 is 10.4 Å². The van der Waals surface area contributed by atoms with Gasteiger partial charge in [-0.1, -0.05) is 231 Å². The Balaban J connectivity index is 3.70. The summed E-state index contributed by atoms with van der Waals surface area (Å²) in [5.41, 5.74) is 0. The third kappa shape index (κ3) is 39.8. The summed E-state index contributed by atoms with van der Waals surface area (Å²) >= 11 is 0. The molecule has 0 rings (SSSR count). The molecular weight excluding hydrogens is 589 g/mol. The lowest BCUT2D eigenvalue weighted by atomic mass is 9.99. The Morgan fingerprint density at radius 1 is 0.457 bits per heavy atom. The first-order valence-electron chi connectivity index (χ1n) is 20.8. The van der Waals surface area contributed by atoms with E-state index in [0.717, 1.165) is 19.3 Å². The van der Waals surface area contributed by atoms with Gasteiger partial charge < -0.3 is 0 Å². The summed E-state index contributed by atoms with van der Waals surface area (Å²) in [6.45, 7) is 4.62. The van der Waals surface area contributed by atoms with Crippen LogP contribution in [-0.4, -0.2) is 19.6 Å². The molecule has 46 heavy (non-hydrogen) atoms. The van der Waals surface area contributed by atoms with Crippen molar-refractivity contribution in [1.29, 1.82) is 0 Å². The van der Waals surface area contributed by atoms with Gasteiger partial charge in [-0.2, -0.15) is 8.42 Å². The molecule has 0 aromatic heterocycles. The maximum atomic E-state index is 11.1. The Morgan fingerprint density at radius 3 is 1.04 bits per heavy atom. The van der Waals surface area contributed by atoms with Crippen LogP contribution in [0.15, 0.2) is 12.2 Å². The van der Waals surface area contributed by atoms with Crippen molar-refractivity contribution in [1.82, 2.24) is 0 Å². The van der Waals surface area contributed by atoms with E-state index in [1.807, 2.05) is 0 Å². The van der Waals surface area contributed by atoms with Crippen molar-refractivity contribution in [2.45, 2.75) is 239 Å². The summed E-state index contributed by atoms with van der Waals surface area (Å²) in [6, 6.07) is 0. The molecule has 0 aromatic carbocycles. The standard InChI is InChI=1S/C41H82O4S/c1-3-5-7-9-11-13-15-17-19-21-23-25-27-29-31-33-35-37-39-41(40-45-46(42,43)44)38-36-34-32-30-28-26-24-22-20-18-16-14-12-10-8-6-4-2/h37,39,41H,3-36,38,40H2,1-2H3,(H,42,43,44)/b39-37+. The van der Waals surface area contributed by atoms with E-state index in [9.17, 15) is 8.42 Å². The van der Waals surface area contributed by atoms with Crippen LogP contribution >= 0.6 is 0 Å². The van der Waals surface area contributed by atoms with Gasteiger partial charge in [-0.25, -0.2) is 4.18 Å². The normalized spacial score (nSPS) is 12.8. The molecule has 0 heterocycles. The summed E-state index contributed by atoms with van der Waals surface area (Å²) < 4.78 is 36.0. The second-order valence-electron chi connectivity index (χ2n) is 14.4. The van der Waals surface area contributed by atoms with Crippen LogP contribution in [0.5, 0.6) is 0 Å². The topological polar surface area (TPSA) is 63.6 Å². The maximum absolute atomic E-state index is 11.1. The fourth-order valence-electron chi connectivity index (χ4n) is 6.64. The van der Waals surface area contributed by atoms with Gasteiger partial charge in [0.2, 0.25) is 0 Å². The monoisotopic (exact) mass is 671 g/mol. The summed E-state index contributed by atoms with van der Waals surface area (Å²) in [4.78, 5) is 0. The molecule has 0 aliphatic heterocycles. The van der Waals surface area contributed by atoms with Crippen LogP contribution in [0.2, 0.25) is 0 Å². The predicted octanol–water partition coefficient (Wildman–Crippen LogP) is 14.7. The van der Waals surface area contributed by atoms with Crippen molar-refractivity contribution in [3.8, 4) is 0 Å². The molecule has 0 aliphatic rings. The van der Waals surface area contributed by atoms with Gasteiger partial charge in [-0.05, 0) is 19.3 Å². The fraction of sp³-hybridized carbons (Fsp3) is 0.951. The lowest BCUT2D eigenvalue weighted by molar-refractivity contribution is 0.234. The first-order valence-corrected chi connectivity index (χ1v) is 22.1. The van der Waals surface area contributed by atoms with Crippen molar-refractivity contribution < 1.29 is 17.2 Å². The van der Waals surface area contributed by atoms with Gasteiger partial charge in [0.1, 0.15) is 0 Å². The molecule has 1 atom stereocenters. The molecule has 1 unspecified atom stereocenters. The lowest BCUT2D eigenvalue weighted by Crippen LogP contribution is -2.12. The zero-order valence-corrected chi connectivity index (χ0v) is 32.1. The third-order valence-corrected chi connectivity index (χ3v) is 10.2. The van der Waals surface area contributed by atoms with E-state index in [-0.39, 0.29) is 12.5 Å². The smallest absolute Gasteiger partial charge is 0.264 e. The number of hydrogen-bond donors (Lipinski definition) is 1.